The summed E-state index contributed by atoms with van der Waals surface area (Å²) in [5, 5.41) is 4.67. The van der Waals surface area contributed by atoms with Gasteiger partial charge in [-0.25, -0.2) is 15.0 Å². The Morgan fingerprint density at radius 2 is 1.61 bits per heavy atom. The Morgan fingerprint density at radius 3 is 2.32 bits per heavy atom. The topological polar surface area (TPSA) is 62.5 Å². The molecule has 3 aromatic heterocycles. The molecule has 2 unspecified atom stereocenters. The van der Waals surface area contributed by atoms with Gasteiger partial charge >= 0.3 is 0 Å². The SMILES string of the molecule is Cc1cc(N2CC3CN(c4cc(C(C)C)ncn4)CC3C2)n2nc(C)cc2n1. The highest BCUT2D eigenvalue weighted by Gasteiger charge is 2.41. The van der Waals surface area contributed by atoms with Crippen LogP contribution in [0, 0.1) is 25.7 Å². The van der Waals surface area contributed by atoms with Crippen LogP contribution in [0.3, 0.4) is 0 Å². The largest absolute Gasteiger partial charge is 0.356 e. The average molecular weight is 377 g/mol. The summed E-state index contributed by atoms with van der Waals surface area (Å²) in [5.41, 5.74) is 4.11. The fourth-order valence-electron chi connectivity index (χ4n) is 4.64. The van der Waals surface area contributed by atoms with E-state index >= 15 is 0 Å². The molecule has 0 spiro atoms. The van der Waals surface area contributed by atoms with Crippen LogP contribution in [-0.2, 0) is 0 Å². The summed E-state index contributed by atoms with van der Waals surface area (Å²) in [4.78, 5) is 18.5. The summed E-state index contributed by atoms with van der Waals surface area (Å²) in [7, 11) is 0. The number of rotatable bonds is 3. The van der Waals surface area contributed by atoms with Gasteiger partial charge in [-0.05, 0) is 19.8 Å². The lowest BCUT2D eigenvalue weighted by Crippen LogP contribution is -2.30. The third-order valence-electron chi connectivity index (χ3n) is 6.06. The molecule has 3 aromatic rings. The van der Waals surface area contributed by atoms with Crippen molar-refractivity contribution in [2.75, 3.05) is 36.0 Å². The van der Waals surface area contributed by atoms with Gasteiger partial charge in [-0.3, -0.25) is 0 Å². The molecule has 28 heavy (non-hydrogen) atoms. The first-order chi connectivity index (χ1) is 13.5. The Balaban J connectivity index is 1.36. The van der Waals surface area contributed by atoms with Gasteiger partial charge in [0.25, 0.3) is 0 Å². The van der Waals surface area contributed by atoms with Gasteiger partial charge < -0.3 is 9.80 Å². The van der Waals surface area contributed by atoms with Gasteiger partial charge in [0.05, 0.1) is 5.69 Å². The fourth-order valence-corrected chi connectivity index (χ4v) is 4.64. The quantitative estimate of drug-likeness (QED) is 0.699. The smallest absolute Gasteiger partial charge is 0.157 e. The maximum absolute atomic E-state index is 4.67. The highest BCUT2D eigenvalue weighted by molar-refractivity contribution is 5.53. The van der Waals surface area contributed by atoms with E-state index in [4.69, 9.17) is 0 Å². The van der Waals surface area contributed by atoms with Crippen molar-refractivity contribution >= 4 is 17.3 Å². The van der Waals surface area contributed by atoms with Gasteiger partial charge in [-0.2, -0.15) is 9.61 Å². The van der Waals surface area contributed by atoms with Gasteiger partial charge in [0.2, 0.25) is 0 Å². The summed E-state index contributed by atoms with van der Waals surface area (Å²) in [6.45, 7) is 12.7. The van der Waals surface area contributed by atoms with Crippen LogP contribution in [0.1, 0.15) is 36.8 Å². The Labute approximate surface area is 165 Å². The second-order valence-corrected chi connectivity index (χ2v) is 8.60. The second-order valence-electron chi connectivity index (χ2n) is 8.60. The maximum atomic E-state index is 4.67. The lowest BCUT2D eigenvalue weighted by molar-refractivity contribution is 0.533. The molecule has 2 fully saturated rings. The predicted molar refractivity (Wildman–Crippen MR) is 110 cm³/mol. The van der Waals surface area contributed by atoms with Crippen LogP contribution in [-0.4, -0.2) is 50.7 Å². The van der Waals surface area contributed by atoms with Crippen LogP contribution in [0.5, 0.6) is 0 Å². The van der Waals surface area contributed by atoms with E-state index in [-0.39, 0.29) is 0 Å². The van der Waals surface area contributed by atoms with Gasteiger partial charge in [0.15, 0.2) is 5.65 Å². The van der Waals surface area contributed by atoms with Gasteiger partial charge in [-0.15, -0.1) is 0 Å². The van der Waals surface area contributed by atoms with E-state index in [2.05, 4.69) is 68.8 Å². The minimum Gasteiger partial charge on any atom is -0.356 e. The molecular formula is C21H27N7. The summed E-state index contributed by atoms with van der Waals surface area (Å²) < 4.78 is 2.00. The van der Waals surface area contributed by atoms with E-state index in [1.807, 2.05) is 11.4 Å². The Morgan fingerprint density at radius 1 is 0.893 bits per heavy atom. The first-order valence-corrected chi connectivity index (χ1v) is 10.1. The number of aryl methyl sites for hydroxylation is 2. The van der Waals surface area contributed by atoms with Crippen LogP contribution in [0.25, 0.3) is 5.65 Å². The molecule has 2 aliphatic heterocycles. The summed E-state index contributed by atoms with van der Waals surface area (Å²) in [5.74, 6) is 3.97. The van der Waals surface area contributed by atoms with Crippen LogP contribution < -0.4 is 9.80 Å². The fraction of sp³-hybridized carbons (Fsp3) is 0.524. The van der Waals surface area contributed by atoms with Crippen molar-refractivity contribution in [1.82, 2.24) is 24.6 Å². The highest BCUT2D eigenvalue weighted by atomic mass is 15.4. The van der Waals surface area contributed by atoms with Crippen molar-refractivity contribution in [2.45, 2.75) is 33.6 Å². The van der Waals surface area contributed by atoms with Crippen molar-refractivity contribution in [2.24, 2.45) is 11.8 Å². The first-order valence-electron chi connectivity index (χ1n) is 10.1. The Kier molecular flexibility index (Phi) is 4.00. The number of aromatic nitrogens is 5. The molecule has 2 saturated heterocycles. The zero-order valence-corrected chi connectivity index (χ0v) is 17.0. The van der Waals surface area contributed by atoms with E-state index in [0.717, 1.165) is 54.7 Å². The van der Waals surface area contributed by atoms with E-state index in [1.165, 1.54) is 5.82 Å². The molecule has 0 aliphatic carbocycles. The zero-order valence-electron chi connectivity index (χ0n) is 17.0. The Bertz CT molecular complexity index is 1010. The Hall–Kier alpha value is -2.70. The summed E-state index contributed by atoms with van der Waals surface area (Å²) in [6.07, 6.45) is 1.71. The lowest BCUT2D eigenvalue weighted by atomic mass is 10.0. The van der Waals surface area contributed by atoms with Gasteiger partial charge in [-0.1, -0.05) is 13.8 Å². The molecule has 0 saturated carbocycles. The molecule has 0 amide bonds. The monoisotopic (exact) mass is 377 g/mol. The van der Waals surface area contributed by atoms with E-state index < -0.39 is 0 Å². The molecule has 7 nitrogen and oxygen atoms in total. The normalized spacial score (nSPS) is 21.9. The van der Waals surface area contributed by atoms with Crippen LogP contribution in [0.2, 0.25) is 0 Å². The zero-order chi connectivity index (χ0) is 19.4. The van der Waals surface area contributed by atoms with E-state index in [0.29, 0.717) is 17.8 Å². The van der Waals surface area contributed by atoms with Gasteiger partial charge in [0.1, 0.15) is 18.0 Å². The predicted octanol–water partition coefficient (Wildman–Crippen LogP) is 2.83. The molecule has 7 heteroatoms. The molecule has 5 rings (SSSR count). The summed E-state index contributed by atoms with van der Waals surface area (Å²) in [6, 6.07) is 6.37. The molecule has 146 valence electrons. The van der Waals surface area contributed by atoms with Crippen molar-refractivity contribution in [3.05, 3.63) is 41.6 Å². The minimum absolute atomic E-state index is 0.425. The van der Waals surface area contributed by atoms with Crippen molar-refractivity contribution < 1.29 is 0 Å². The van der Waals surface area contributed by atoms with Crippen molar-refractivity contribution in [3.63, 3.8) is 0 Å². The third kappa shape index (κ3) is 2.89. The molecule has 0 aromatic carbocycles. The standard InChI is InChI=1S/C21H27N7/c1-13(2)18-7-19(23-12-22-18)26-8-16-10-27(11-17(16)9-26)21-6-14(3)24-20-5-15(4)25-28(20)21/h5-7,12-13,16-17H,8-11H2,1-4H3. The van der Waals surface area contributed by atoms with E-state index in [1.54, 1.807) is 6.33 Å². The van der Waals surface area contributed by atoms with E-state index in [9.17, 15) is 0 Å². The number of nitrogens with zero attached hydrogens (tertiary/aromatic N) is 7. The average Bonchev–Trinajstić information content (AvgIpc) is 3.32. The third-order valence-corrected chi connectivity index (χ3v) is 6.06. The molecule has 0 N–H and O–H groups in total. The molecule has 0 bridgehead atoms. The van der Waals surface area contributed by atoms with Crippen molar-refractivity contribution in [3.8, 4) is 0 Å². The highest BCUT2D eigenvalue weighted by Crippen LogP contribution is 2.36. The summed E-state index contributed by atoms with van der Waals surface area (Å²) >= 11 is 0. The number of anilines is 2. The maximum Gasteiger partial charge on any atom is 0.157 e. The molecular weight excluding hydrogens is 350 g/mol. The minimum atomic E-state index is 0.425. The second kappa shape index (κ2) is 6.43. The van der Waals surface area contributed by atoms with Crippen LogP contribution in [0.15, 0.2) is 24.5 Å². The molecule has 2 atom stereocenters. The van der Waals surface area contributed by atoms with Gasteiger partial charge in [0, 0.05) is 67.6 Å². The van der Waals surface area contributed by atoms with Crippen molar-refractivity contribution in [1.29, 1.82) is 0 Å². The number of fused-ring (bicyclic) bond motifs is 2. The van der Waals surface area contributed by atoms with Crippen LogP contribution in [0.4, 0.5) is 11.6 Å². The molecule has 2 aliphatic rings. The first kappa shape index (κ1) is 17.4. The molecule has 5 heterocycles. The molecule has 0 radical (unpaired) electrons. The number of hydrogen-bond donors (Lipinski definition) is 0. The number of hydrogen-bond acceptors (Lipinski definition) is 6. The van der Waals surface area contributed by atoms with Crippen LogP contribution >= 0.6 is 0 Å². The lowest BCUT2D eigenvalue weighted by Gasteiger charge is -2.24.